The third kappa shape index (κ3) is 5.33. The molecule has 0 heterocycles. The molecule has 1 atom stereocenters. The van der Waals surface area contributed by atoms with E-state index in [9.17, 15) is 14.0 Å². The van der Waals surface area contributed by atoms with E-state index in [1.54, 1.807) is 24.3 Å². The molecule has 1 fully saturated rings. The number of carbonyl (C=O) groups is 2. The fraction of sp³-hybridized carbons (Fsp3) is 0.333. The van der Waals surface area contributed by atoms with Crippen LogP contribution in [0, 0.1) is 18.7 Å². The van der Waals surface area contributed by atoms with Gasteiger partial charge < -0.3 is 15.2 Å². The third-order valence-electron chi connectivity index (χ3n) is 6.48. The number of ether oxygens (including phenoxy) is 1. The molecule has 2 aromatic rings. The predicted molar refractivity (Wildman–Crippen MR) is 124 cm³/mol. The van der Waals surface area contributed by atoms with Crippen LogP contribution in [-0.2, 0) is 11.3 Å². The molecule has 0 saturated heterocycles. The van der Waals surface area contributed by atoms with Crippen LogP contribution < -0.4 is 10.1 Å². The molecule has 1 unspecified atom stereocenters. The van der Waals surface area contributed by atoms with Gasteiger partial charge in [-0.2, -0.15) is 0 Å². The minimum absolute atomic E-state index is 0.205. The van der Waals surface area contributed by atoms with Crippen molar-refractivity contribution in [3.63, 3.8) is 0 Å². The van der Waals surface area contributed by atoms with Gasteiger partial charge in [0, 0.05) is 18.5 Å². The van der Waals surface area contributed by atoms with Crippen molar-refractivity contribution in [2.75, 3.05) is 0 Å². The van der Waals surface area contributed by atoms with Crippen LogP contribution in [0.15, 0.2) is 66.3 Å². The maximum absolute atomic E-state index is 14.5. The standard InChI is InChI=1S/C27H28FNO4/c1-18-4-2-7-23(28)24(18)33-27(16-19-5-3-6-19)14-12-21(13-15-27)25(30)29-17-20-8-10-22(11-9-20)26(31)32/h2,4,7-14,19H,3,5-6,15-17H2,1H3,(H,29,30)(H,31,32). The Bertz CT molecular complexity index is 1080. The molecule has 2 aliphatic carbocycles. The summed E-state index contributed by atoms with van der Waals surface area (Å²) in [6.45, 7) is 2.13. The highest BCUT2D eigenvalue weighted by molar-refractivity contribution is 5.96. The normalized spacial score (nSPS) is 20.0. The van der Waals surface area contributed by atoms with Crippen LogP contribution in [0.3, 0.4) is 0 Å². The fourth-order valence-electron chi connectivity index (χ4n) is 4.28. The van der Waals surface area contributed by atoms with E-state index < -0.39 is 11.6 Å². The van der Waals surface area contributed by atoms with Gasteiger partial charge in [-0.1, -0.05) is 49.6 Å². The minimum atomic E-state index is -0.985. The molecule has 0 spiro atoms. The van der Waals surface area contributed by atoms with Crippen LogP contribution in [0.1, 0.15) is 53.6 Å². The first-order valence-electron chi connectivity index (χ1n) is 11.3. The van der Waals surface area contributed by atoms with Gasteiger partial charge in [0.05, 0.1) is 5.56 Å². The Morgan fingerprint density at radius 2 is 1.94 bits per heavy atom. The number of carboxylic acid groups (broad SMARTS) is 1. The Balaban J connectivity index is 1.43. The molecular weight excluding hydrogens is 421 g/mol. The number of aromatic carboxylic acids is 1. The first-order chi connectivity index (χ1) is 15.8. The molecule has 2 N–H and O–H groups in total. The lowest BCUT2D eigenvalue weighted by atomic mass is 9.74. The summed E-state index contributed by atoms with van der Waals surface area (Å²) in [5, 5.41) is 11.9. The van der Waals surface area contributed by atoms with Gasteiger partial charge in [0.25, 0.3) is 5.91 Å². The molecule has 5 nitrogen and oxygen atoms in total. The molecule has 6 heteroatoms. The monoisotopic (exact) mass is 449 g/mol. The molecule has 1 amide bonds. The number of carbonyl (C=O) groups excluding carboxylic acids is 1. The summed E-state index contributed by atoms with van der Waals surface area (Å²) >= 11 is 0. The van der Waals surface area contributed by atoms with E-state index in [0.29, 0.717) is 24.5 Å². The zero-order chi connectivity index (χ0) is 23.4. The van der Waals surface area contributed by atoms with Gasteiger partial charge in [-0.15, -0.1) is 0 Å². The molecule has 33 heavy (non-hydrogen) atoms. The van der Waals surface area contributed by atoms with E-state index in [1.807, 2.05) is 25.1 Å². The van der Waals surface area contributed by atoms with Gasteiger partial charge in [0.15, 0.2) is 11.6 Å². The van der Waals surface area contributed by atoms with Crippen molar-refractivity contribution in [1.29, 1.82) is 0 Å². The Labute approximate surface area is 193 Å². The average molecular weight is 450 g/mol. The zero-order valence-electron chi connectivity index (χ0n) is 18.6. The summed E-state index contributed by atoms with van der Waals surface area (Å²) in [5.74, 6) is -0.765. The van der Waals surface area contributed by atoms with Crippen LogP contribution in [0.4, 0.5) is 4.39 Å². The van der Waals surface area contributed by atoms with E-state index in [1.165, 1.54) is 24.6 Å². The third-order valence-corrected chi connectivity index (χ3v) is 6.48. The van der Waals surface area contributed by atoms with Gasteiger partial charge in [-0.25, -0.2) is 9.18 Å². The lowest BCUT2D eigenvalue weighted by Gasteiger charge is -2.39. The smallest absolute Gasteiger partial charge is 0.335 e. The number of amides is 1. The Morgan fingerprint density at radius 1 is 1.18 bits per heavy atom. The van der Waals surface area contributed by atoms with E-state index in [4.69, 9.17) is 9.84 Å². The molecule has 1 saturated carbocycles. The molecule has 2 aliphatic rings. The van der Waals surface area contributed by atoms with Crippen molar-refractivity contribution >= 4 is 11.9 Å². The second-order valence-corrected chi connectivity index (χ2v) is 8.94. The highest BCUT2D eigenvalue weighted by Crippen LogP contribution is 2.41. The van der Waals surface area contributed by atoms with Gasteiger partial charge in [-0.05, 0) is 60.7 Å². The number of para-hydroxylation sites is 1. The molecular formula is C27H28FNO4. The number of hydrogen-bond acceptors (Lipinski definition) is 3. The van der Waals surface area contributed by atoms with Crippen molar-refractivity contribution < 1.29 is 23.8 Å². The number of hydrogen-bond donors (Lipinski definition) is 2. The largest absolute Gasteiger partial charge is 0.480 e. The quantitative estimate of drug-likeness (QED) is 0.570. The molecule has 0 bridgehead atoms. The van der Waals surface area contributed by atoms with Gasteiger partial charge in [-0.3, -0.25) is 4.79 Å². The summed E-state index contributed by atoms with van der Waals surface area (Å²) in [6, 6.07) is 11.3. The van der Waals surface area contributed by atoms with E-state index >= 15 is 0 Å². The van der Waals surface area contributed by atoms with Crippen molar-refractivity contribution in [3.8, 4) is 5.75 Å². The number of aryl methyl sites for hydroxylation is 1. The van der Waals surface area contributed by atoms with Crippen LogP contribution in [0.5, 0.6) is 5.75 Å². The molecule has 172 valence electrons. The lowest BCUT2D eigenvalue weighted by Crippen LogP contribution is -2.39. The number of rotatable bonds is 8. The fourth-order valence-corrected chi connectivity index (χ4v) is 4.28. The molecule has 4 rings (SSSR count). The Kier molecular flexibility index (Phi) is 6.63. The van der Waals surface area contributed by atoms with Crippen molar-refractivity contribution in [2.24, 2.45) is 5.92 Å². The lowest BCUT2D eigenvalue weighted by molar-refractivity contribution is -0.117. The second kappa shape index (κ2) is 9.61. The molecule has 0 aliphatic heterocycles. The highest BCUT2D eigenvalue weighted by atomic mass is 19.1. The number of halogens is 1. The van der Waals surface area contributed by atoms with Crippen molar-refractivity contribution in [3.05, 3.63) is 88.8 Å². The van der Waals surface area contributed by atoms with Gasteiger partial charge in [0.2, 0.25) is 0 Å². The summed E-state index contributed by atoms with van der Waals surface area (Å²) in [7, 11) is 0. The van der Waals surface area contributed by atoms with Crippen LogP contribution in [0.25, 0.3) is 0 Å². The maximum atomic E-state index is 14.5. The van der Waals surface area contributed by atoms with Crippen LogP contribution >= 0.6 is 0 Å². The SMILES string of the molecule is Cc1cccc(F)c1OC1(CC2CCC2)C=CC(C(=O)NCc2ccc(C(=O)O)cc2)=CC1. The zero-order valence-corrected chi connectivity index (χ0v) is 18.6. The van der Waals surface area contributed by atoms with Crippen LogP contribution in [-0.4, -0.2) is 22.6 Å². The van der Waals surface area contributed by atoms with Crippen molar-refractivity contribution in [1.82, 2.24) is 5.32 Å². The van der Waals surface area contributed by atoms with Gasteiger partial charge >= 0.3 is 5.97 Å². The van der Waals surface area contributed by atoms with E-state index in [0.717, 1.165) is 30.4 Å². The summed E-state index contributed by atoms with van der Waals surface area (Å²) in [5.41, 5.74) is 1.63. The molecule has 0 aromatic heterocycles. The Hall–Kier alpha value is -3.41. The maximum Gasteiger partial charge on any atom is 0.335 e. The number of carboxylic acids is 1. The first kappa shape index (κ1) is 22.8. The molecule has 0 radical (unpaired) electrons. The topological polar surface area (TPSA) is 75.6 Å². The summed E-state index contributed by atoms with van der Waals surface area (Å²) in [6.07, 6.45) is 10.3. The molecule has 2 aromatic carbocycles. The van der Waals surface area contributed by atoms with Crippen molar-refractivity contribution in [2.45, 2.75) is 51.2 Å². The summed E-state index contributed by atoms with van der Waals surface area (Å²) in [4.78, 5) is 23.7. The van der Waals surface area contributed by atoms with Crippen LogP contribution in [0.2, 0.25) is 0 Å². The second-order valence-electron chi connectivity index (χ2n) is 8.94. The predicted octanol–water partition coefficient (Wildman–Crippen LogP) is 5.34. The van der Waals surface area contributed by atoms with Gasteiger partial charge in [0.1, 0.15) is 5.60 Å². The highest BCUT2D eigenvalue weighted by Gasteiger charge is 2.37. The van der Waals surface area contributed by atoms with E-state index in [2.05, 4.69) is 5.32 Å². The number of nitrogens with one attached hydrogen (secondary N) is 1. The first-order valence-corrected chi connectivity index (χ1v) is 11.3. The summed E-state index contributed by atoms with van der Waals surface area (Å²) < 4.78 is 20.8. The minimum Gasteiger partial charge on any atom is -0.480 e. The number of benzene rings is 2. The van der Waals surface area contributed by atoms with E-state index in [-0.39, 0.29) is 23.0 Å². The average Bonchev–Trinajstić information content (AvgIpc) is 2.78. The Morgan fingerprint density at radius 3 is 2.52 bits per heavy atom.